The average Bonchev–Trinajstić information content (AvgIpc) is 3.23. The van der Waals surface area contributed by atoms with Crippen molar-refractivity contribution >= 4 is 11.8 Å². The summed E-state index contributed by atoms with van der Waals surface area (Å²) in [6.45, 7) is 1.02. The molecule has 0 N–H and O–H groups in total. The van der Waals surface area contributed by atoms with Crippen molar-refractivity contribution in [3.8, 4) is 6.07 Å². The van der Waals surface area contributed by atoms with Crippen LogP contribution < -0.4 is 0 Å². The number of carbonyl (C=O) groups excluding carboxylic acids is 2. The fourth-order valence-corrected chi connectivity index (χ4v) is 3.87. The first-order valence-corrected chi connectivity index (χ1v) is 8.62. The van der Waals surface area contributed by atoms with Crippen molar-refractivity contribution in [1.29, 1.82) is 5.26 Å². The fraction of sp³-hybridized carbons (Fsp3) is 0.526. The molecule has 2 fully saturated rings. The molecule has 0 spiro atoms. The van der Waals surface area contributed by atoms with Crippen molar-refractivity contribution in [2.24, 2.45) is 5.92 Å². The second kappa shape index (κ2) is 7.04. The highest BCUT2D eigenvalue weighted by molar-refractivity contribution is 5.89. The zero-order valence-corrected chi connectivity index (χ0v) is 14.1. The van der Waals surface area contributed by atoms with Crippen LogP contribution in [0.1, 0.15) is 43.2 Å². The van der Waals surface area contributed by atoms with Crippen molar-refractivity contribution in [3.63, 3.8) is 0 Å². The normalized spacial score (nSPS) is 21.1. The maximum absolute atomic E-state index is 12.7. The Kier molecular flexibility index (Phi) is 4.84. The van der Waals surface area contributed by atoms with Gasteiger partial charge in [-0.25, -0.2) is 0 Å². The van der Waals surface area contributed by atoms with Crippen LogP contribution in [0, 0.1) is 17.2 Å². The summed E-state index contributed by atoms with van der Waals surface area (Å²) >= 11 is 0. The number of likely N-dealkylation sites (tertiary alicyclic amines) is 1. The Morgan fingerprint density at radius 1 is 1.38 bits per heavy atom. The summed E-state index contributed by atoms with van der Waals surface area (Å²) in [5.41, 5.74) is 1.53. The summed E-state index contributed by atoms with van der Waals surface area (Å²) in [5.74, 6) is -0.0893. The monoisotopic (exact) mass is 325 g/mol. The number of hydrogen-bond acceptors (Lipinski definition) is 3. The molecule has 1 saturated carbocycles. The molecule has 126 valence electrons. The molecular formula is C19H23N3O2. The van der Waals surface area contributed by atoms with E-state index in [-0.39, 0.29) is 17.7 Å². The highest BCUT2D eigenvalue weighted by atomic mass is 16.2. The molecule has 0 aromatic heterocycles. The van der Waals surface area contributed by atoms with E-state index in [1.165, 1.54) is 12.8 Å². The number of hydrogen-bond donors (Lipinski definition) is 0. The summed E-state index contributed by atoms with van der Waals surface area (Å²) in [6, 6.07) is 9.74. The molecule has 0 radical (unpaired) electrons. The van der Waals surface area contributed by atoms with Gasteiger partial charge in [-0.3, -0.25) is 9.59 Å². The van der Waals surface area contributed by atoms with E-state index in [2.05, 4.69) is 6.07 Å². The summed E-state index contributed by atoms with van der Waals surface area (Å²) < 4.78 is 0. The first-order chi connectivity index (χ1) is 11.6. The summed E-state index contributed by atoms with van der Waals surface area (Å²) in [7, 11) is 1.77. The van der Waals surface area contributed by atoms with E-state index in [0.717, 1.165) is 18.4 Å². The van der Waals surface area contributed by atoms with Gasteiger partial charge in [0.05, 0.1) is 17.6 Å². The van der Waals surface area contributed by atoms with E-state index >= 15 is 0 Å². The van der Waals surface area contributed by atoms with Crippen LogP contribution in [-0.4, -0.2) is 41.2 Å². The van der Waals surface area contributed by atoms with Gasteiger partial charge in [0.2, 0.25) is 11.8 Å². The van der Waals surface area contributed by atoms with Gasteiger partial charge in [-0.1, -0.05) is 25.0 Å². The number of nitrogens with zero attached hydrogens (tertiary/aromatic N) is 3. The Morgan fingerprint density at radius 2 is 2.12 bits per heavy atom. The lowest BCUT2D eigenvalue weighted by molar-refractivity contribution is -0.135. The first-order valence-electron chi connectivity index (χ1n) is 8.62. The second-order valence-electron chi connectivity index (χ2n) is 6.89. The number of benzene rings is 1. The zero-order valence-electron chi connectivity index (χ0n) is 14.1. The van der Waals surface area contributed by atoms with Crippen LogP contribution in [0.3, 0.4) is 0 Å². The molecule has 1 heterocycles. The molecule has 1 atom stereocenters. The molecule has 0 bridgehead atoms. The molecule has 1 saturated heterocycles. The third-order valence-corrected chi connectivity index (χ3v) is 5.13. The Hall–Kier alpha value is -2.35. The van der Waals surface area contributed by atoms with Gasteiger partial charge in [0.1, 0.15) is 0 Å². The summed E-state index contributed by atoms with van der Waals surface area (Å²) in [6.07, 6.45) is 4.84. The average molecular weight is 325 g/mol. The first kappa shape index (κ1) is 16.5. The van der Waals surface area contributed by atoms with Gasteiger partial charge in [0.25, 0.3) is 0 Å². The van der Waals surface area contributed by atoms with Gasteiger partial charge in [-0.15, -0.1) is 0 Å². The predicted molar refractivity (Wildman–Crippen MR) is 89.7 cm³/mol. The molecular weight excluding hydrogens is 302 g/mol. The molecule has 1 aliphatic heterocycles. The second-order valence-corrected chi connectivity index (χ2v) is 6.89. The molecule has 1 aromatic carbocycles. The lowest BCUT2D eigenvalue weighted by Gasteiger charge is -2.25. The third kappa shape index (κ3) is 3.43. The van der Waals surface area contributed by atoms with Crippen molar-refractivity contribution in [1.82, 2.24) is 9.80 Å². The maximum Gasteiger partial charge on any atom is 0.228 e. The predicted octanol–water partition coefficient (Wildman–Crippen LogP) is 2.31. The summed E-state index contributed by atoms with van der Waals surface area (Å²) in [5, 5.41) is 8.97. The SMILES string of the molecule is CN(Cc1cccc(C#N)c1)C(=O)C1CC(=O)N(C2CCCC2)C1. The quantitative estimate of drug-likeness (QED) is 0.853. The number of nitriles is 1. The standard InChI is InChI=1S/C19H23N3O2/c1-21(12-15-6-4-5-14(9-15)11-20)19(24)16-10-18(23)22(13-16)17-7-2-3-8-17/h4-6,9,16-17H,2-3,7-8,10,12-13H2,1H3. The van der Waals surface area contributed by atoms with Crippen molar-refractivity contribution in [3.05, 3.63) is 35.4 Å². The van der Waals surface area contributed by atoms with Gasteiger partial charge >= 0.3 is 0 Å². The van der Waals surface area contributed by atoms with E-state index in [0.29, 0.717) is 31.1 Å². The lowest BCUT2D eigenvalue weighted by atomic mass is 10.1. The highest BCUT2D eigenvalue weighted by Gasteiger charge is 2.39. The Bertz CT molecular complexity index is 673. The van der Waals surface area contributed by atoms with Crippen LogP contribution in [0.2, 0.25) is 0 Å². The summed E-state index contributed by atoms with van der Waals surface area (Å²) in [4.78, 5) is 28.6. The minimum absolute atomic E-state index is 0.0196. The van der Waals surface area contributed by atoms with Gasteiger partial charge in [-0.2, -0.15) is 5.26 Å². The van der Waals surface area contributed by atoms with Crippen LogP contribution >= 0.6 is 0 Å². The van der Waals surface area contributed by atoms with Crippen molar-refractivity contribution in [2.75, 3.05) is 13.6 Å². The molecule has 3 rings (SSSR count). The molecule has 2 aliphatic rings. The van der Waals surface area contributed by atoms with Crippen LogP contribution in [0.4, 0.5) is 0 Å². The van der Waals surface area contributed by atoms with Gasteiger partial charge in [0, 0.05) is 32.6 Å². The van der Waals surface area contributed by atoms with E-state index in [9.17, 15) is 9.59 Å². The van der Waals surface area contributed by atoms with E-state index in [1.807, 2.05) is 17.0 Å². The Labute approximate surface area is 142 Å². The van der Waals surface area contributed by atoms with Crippen molar-refractivity contribution in [2.45, 2.75) is 44.7 Å². The highest BCUT2D eigenvalue weighted by Crippen LogP contribution is 2.30. The molecule has 1 unspecified atom stereocenters. The third-order valence-electron chi connectivity index (χ3n) is 5.13. The lowest BCUT2D eigenvalue weighted by Crippen LogP contribution is -2.37. The minimum atomic E-state index is -0.234. The molecule has 5 heteroatoms. The van der Waals surface area contributed by atoms with Crippen LogP contribution in [0.5, 0.6) is 0 Å². The van der Waals surface area contributed by atoms with E-state index < -0.39 is 0 Å². The fourth-order valence-electron chi connectivity index (χ4n) is 3.87. The topological polar surface area (TPSA) is 64.4 Å². The van der Waals surface area contributed by atoms with Gasteiger partial charge < -0.3 is 9.80 Å². The molecule has 1 aliphatic carbocycles. The minimum Gasteiger partial charge on any atom is -0.341 e. The Morgan fingerprint density at radius 3 is 2.83 bits per heavy atom. The molecule has 1 aromatic rings. The van der Waals surface area contributed by atoms with Crippen LogP contribution in [-0.2, 0) is 16.1 Å². The van der Waals surface area contributed by atoms with Crippen molar-refractivity contribution < 1.29 is 9.59 Å². The van der Waals surface area contributed by atoms with Crippen LogP contribution in [0.25, 0.3) is 0 Å². The zero-order chi connectivity index (χ0) is 17.1. The van der Waals surface area contributed by atoms with E-state index in [1.54, 1.807) is 24.1 Å². The number of amides is 2. The molecule has 5 nitrogen and oxygen atoms in total. The van der Waals surface area contributed by atoms with Gasteiger partial charge in [-0.05, 0) is 30.5 Å². The molecule has 24 heavy (non-hydrogen) atoms. The smallest absolute Gasteiger partial charge is 0.228 e. The number of rotatable bonds is 4. The van der Waals surface area contributed by atoms with E-state index in [4.69, 9.17) is 5.26 Å². The van der Waals surface area contributed by atoms with Gasteiger partial charge in [0.15, 0.2) is 0 Å². The van der Waals surface area contributed by atoms with Crippen LogP contribution in [0.15, 0.2) is 24.3 Å². The maximum atomic E-state index is 12.7. The number of carbonyl (C=O) groups is 2. The Balaban J connectivity index is 1.61. The molecule has 2 amide bonds. The largest absolute Gasteiger partial charge is 0.341 e.